The first-order valence-electron chi connectivity index (χ1n) is 7.34. The van der Waals surface area contributed by atoms with Crippen molar-refractivity contribution in [3.05, 3.63) is 35.4 Å². The first-order valence-corrected chi connectivity index (χ1v) is 7.34. The van der Waals surface area contributed by atoms with Crippen LogP contribution in [0, 0.1) is 6.92 Å². The zero-order chi connectivity index (χ0) is 13.7. The summed E-state index contributed by atoms with van der Waals surface area (Å²) in [6, 6.07) is 9.78. The topological polar surface area (TPSA) is 24.5 Å². The summed E-state index contributed by atoms with van der Waals surface area (Å²) in [7, 11) is 0. The Morgan fingerprint density at radius 1 is 1.21 bits per heavy atom. The molecule has 1 aliphatic heterocycles. The summed E-state index contributed by atoms with van der Waals surface area (Å²) in [5, 5.41) is 3.63. The Balaban J connectivity index is 2.11. The monoisotopic (exact) mass is 262 g/mol. The minimum Gasteiger partial charge on any atom is -0.379 e. The lowest BCUT2D eigenvalue weighted by Gasteiger charge is -2.37. The van der Waals surface area contributed by atoms with Crippen molar-refractivity contribution in [2.24, 2.45) is 0 Å². The number of hydrogen-bond donors (Lipinski definition) is 1. The first-order chi connectivity index (χ1) is 9.22. The molecule has 2 unspecified atom stereocenters. The van der Waals surface area contributed by atoms with E-state index in [1.807, 2.05) is 0 Å². The molecule has 0 radical (unpaired) electrons. The van der Waals surface area contributed by atoms with E-state index >= 15 is 0 Å². The number of likely N-dealkylation sites (N-methyl/N-ethyl adjacent to an activating group) is 1. The summed E-state index contributed by atoms with van der Waals surface area (Å²) in [5.74, 6) is 0. The van der Waals surface area contributed by atoms with E-state index in [2.05, 4.69) is 55.3 Å². The molecule has 0 spiro atoms. The number of ether oxygens (including phenoxy) is 1. The molecule has 1 saturated heterocycles. The van der Waals surface area contributed by atoms with Crippen molar-refractivity contribution in [2.75, 3.05) is 32.8 Å². The molecule has 1 aromatic carbocycles. The lowest BCUT2D eigenvalue weighted by atomic mass is 9.98. The van der Waals surface area contributed by atoms with Gasteiger partial charge in [-0.25, -0.2) is 0 Å². The first kappa shape index (κ1) is 14.5. The predicted octanol–water partition coefficient (Wildman–Crippen LogP) is 2.37. The van der Waals surface area contributed by atoms with Crippen LogP contribution < -0.4 is 5.32 Å². The van der Waals surface area contributed by atoms with Crippen molar-refractivity contribution >= 4 is 0 Å². The maximum Gasteiger partial charge on any atom is 0.0594 e. The van der Waals surface area contributed by atoms with Crippen LogP contribution in [0.1, 0.15) is 31.0 Å². The van der Waals surface area contributed by atoms with Crippen LogP contribution in [0.4, 0.5) is 0 Å². The van der Waals surface area contributed by atoms with Crippen LogP contribution in [-0.2, 0) is 4.74 Å². The van der Waals surface area contributed by atoms with E-state index in [9.17, 15) is 0 Å². The number of benzene rings is 1. The zero-order valence-corrected chi connectivity index (χ0v) is 12.4. The number of rotatable bonds is 5. The number of hydrogen-bond acceptors (Lipinski definition) is 3. The smallest absolute Gasteiger partial charge is 0.0594 e. The highest BCUT2D eigenvalue weighted by molar-refractivity contribution is 5.25. The van der Waals surface area contributed by atoms with Gasteiger partial charge in [-0.2, -0.15) is 0 Å². The molecule has 1 heterocycles. The van der Waals surface area contributed by atoms with Crippen molar-refractivity contribution in [1.29, 1.82) is 0 Å². The van der Waals surface area contributed by atoms with E-state index < -0.39 is 0 Å². The predicted molar refractivity (Wildman–Crippen MR) is 79.5 cm³/mol. The molecule has 1 aromatic rings. The van der Waals surface area contributed by atoms with Crippen LogP contribution >= 0.6 is 0 Å². The van der Waals surface area contributed by atoms with Crippen molar-refractivity contribution in [2.45, 2.75) is 32.9 Å². The van der Waals surface area contributed by atoms with Crippen molar-refractivity contribution in [1.82, 2.24) is 10.2 Å². The molecule has 0 saturated carbocycles. The van der Waals surface area contributed by atoms with Crippen LogP contribution in [0.3, 0.4) is 0 Å². The lowest BCUT2D eigenvalue weighted by Crippen LogP contribution is -2.48. The Bertz CT molecular complexity index is 371. The minimum atomic E-state index is 0.392. The Labute approximate surface area is 116 Å². The molecule has 0 amide bonds. The van der Waals surface area contributed by atoms with Crippen molar-refractivity contribution < 1.29 is 4.74 Å². The highest BCUT2D eigenvalue weighted by Gasteiger charge is 2.25. The molecule has 2 rings (SSSR count). The second kappa shape index (κ2) is 7.04. The van der Waals surface area contributed by atoms with Crippen LogP contribution in [0.2, 0.25) is 0 Å². The standard InChI is InChI=1S/C16H26N2O/c1-4-17-16(15-7-5-13(2)6-8-15)14(3)18-9-11-19-12-10-18/h5-8,14,16-17H,4,9-12H2,1-3H3. The van der Waals surface area contributed by atoms with E-state index in [0.717, 1.165) is 32.8 Å². The van der Waals surface area contributed by atoms with E-state index in [4.69, 9.17) is 4.74 Å². The molecule has 1 N–H and O–H groups in total. The van der Waals surface area contributed by atoms with Gasteiger partial charge in [0.25, 0.3) is 0 Å². The summed E-state index contributed by atoms with van der Waals surface area (Å²) in [6.45, 7) is 11.4. The SMILES string of the molecule is CCNC(c1ccc(C)cc1)C(C)N1CCOCC1. The molecular weight excluding hydrogens is 236 g/mol. The molecule has 3 heteroatoms. The van der Waals surface area contributed by atoms with Gasteiger partial charge >= 0.3 is 0 Å². The third-order valence-electron chi connectivity index (χ3n) is 3.96. The van der Waals surface area contributed by atoms with Gasteiger partial charge in [-0.15, -0.1) is 0 Å². The van der Waals surface area contributed by atoms with Crippen molar-refractivity contribution in [3.63, 3.8) is 0 Å². The third kappa shape index (κ3) is 3.78. The summed E-state index contributed by atoms with van der Waals surface area (Å²) >= 11 is 0. The normalized spacial score (nSPS) is 20.2. The molecule has 106 valence electrons. The van der Waals surface area contributed by atoms with Gasteiger partial charge < -0.3 is 10.1 Å². The fourth-order valence-electron chi connectivity index (χ4n) is 2.76. The lowest BCUT2D eigenvalue weighted by molar-refractivity contribution is 0.0121. The number of aryl methyl sites for hydroxylation is 1. The average molecular weight is 262 g/mol. The summed E-state index contributed by atoms with van der Waals surface area (Å²) in [4.78, 5) is 2.52. The molecule has 0 aliphatic carbocycles. The van der Waals surface area contributed by atoms with Crippen LogP contribution in [0.25, 0.3) is 0 Å². The van der Waals surface area contributed by atoms with Gasteiger partial charge in [-0.3, -0.25) is 4.90 Å². The van der Waals surface area contributed by atoms with Gasteiger partial charge in [0.05, 0.1) is 13.2 Å². The van der Waals surface area contributed by atoms with Gasteiger partial charge in [0.1, 0.15) is 0 Å². The highest BCUT2D eigenvalue weighted by Crippen LogP contribution is 2.22. The Kier molecular flexibility index (Phi) is 5.37. The summed E-state index contributed by atoms with van der Waals surface area (Å²) in [6.07, 6.45) is 0. The minimum absolute atomic E-state index is 0.392. The second-order valence-corrected chi connectivity index (χ2v) is 5.33. The molecular formula is C16H26N2O. The van der Waals surface area contributed by atoms with Crippen LogP contribution in [0.15, 0.2) is 24.3 Å². The average Bonchev–Trinajstić information content (AvgIpc) is 2.46. The van der Waals surface area contributed by atoms with Crippen LogP contribution in [0.5, 0.6) is 0 Å². The zero-order valence-electron chi connectivity index (χ0n) is 12.4. The maximum absolute atomic E-state index is 5.45. The molecule has 2 atom stereocenters. The second-order valence-electron chi connectivity index (χ2n) is 5.33. The molecule has 3 nitrogen and oxygen atoms in total. The molecule has 19 heavy (non-hydrogen) atoms. The Hall–Kier alpha value is -0.900. The molecule has 0 aromatic heterocycles. The Morgan fingerprint density at radius 2 is 1.84 bits per heavy atom. The van der Waals surface area contributed by atoms with E-state index in [1.54, 1.807) is 0 Å². The largest absolute Gasteiger partial charge is 0.379 e. The van der Waals surface area contributed by atoms with E-state index in [1.165, 1.54) is 11.1 Å². The quantitative estimate of drug-likeness (QED) is 0.881. The fraction of sp³-hybridized carbons (Fsp3) is 0.625. The number of nitrogens with zero attached hydrogens (tertiary/aromatic N) is 1. The van der Waals surface area contributed by atoms with Gasteiger partial charge in [0.2, 0.25) is 0 Å². The van der Waals surface area contributed by atoms with E-state index in [0.29, 0.717) is 12.1 Å². The summed E-state index contributed by atoms with van der Waals surface area (Å²) in [5.41, 5.74) is 2.70. The third-order valence-corrected chi connectivity index (χ3v) is 3.96. The summed E-state index contributed by atoms with van der Waals surface area (Å²) < 4.78 is 5.45. The molecule has 1 fully saturated rings. The van der Waals surface area contributed by atoms with Crippen LogP contribution in [-0.4, -0.2) is 43.8 Å². The Morgan fingerprint density at radius 3 is 2.42 bits per heavy atom. The van der Waals surface area contributed by atoms with Gasteiger partial charge in [-0.05, 0) is 26.0 Å². The molecule has 0 bridgehead atoms. The maximum atomic E-state index is 5.45. The molecule has 1 aliphatic rings. The van der Waals surface area contributed by atoms with E-state index in [-0.39, 0.29) is 0 Å². The van der Waals surface area contributed by atoms with Crippen molar-refractivity contribution in [3.8, 4) is 0 Å². The number of nitrogens with one attached hydrogen (secondary N) is 1. The highest BCUT2D eigenvalue weighted by atomic mass is 16.5. The van der Waals surface area contributed by atoms with Gasteiger partial charge in [0.15, 0.2) is 0 Å². The van der Waals surface area contributed by atoms with Gasteiger partial charge in [-0.1, -0.05) is 36.8 Å². The number of morpholine rings is 1. The van der Waals surface area contributed by atoms with Gasteiger partial charge in [0, 0.05) is 25.2 Å². The fourth-order valence-corrected chi connectivity index (χ4v) is 2.76.